The molecule has 2 aromatic rings. The highest BCUT2D eigenvalue weighted by molar-refractivity contribution is 6.06. The van der Waals surface area contributed by atoms with Gasteiger partial charge in [-0.1, -0.05) is 36.4 Å². The van der Waals surface area contributed by atoms with E-state index in [2.05, 4.69) is 15.8 Å². The molecule has 0 heterocycles. The van der Waals surface area contributed by atoms with Gasteiger partial charge in [-0.05, 0) is 31.4 Å². The number of nitrogens with zero attached hydrogens (tertiary/aromatic N) is 2. The van der Waals surface area contributed by atoms with E-state index in [0.717, 1.165) is 5.56 Å². The molecule has 0 saturated heterocycles. The molecule has 0 spiro atoms. The SMILES string of the molecule is CC(CC(=O)Nc1cc([N+](=O)[O-])ccc1C)=NNC(=O)CCc1ccccc1. The third kappa shape index (κ3) is 6.64. The molecule has 28 heavy (non-hydrogen) atoms. The Bertz CT molecular complexity index is 894. The van der Waals surface area contributed by atoms with Gasteiger partial charge in [0.05, 0.1) is 17.0 Å². The van der Waals surface area contributed by atoms with Crippen molar-refractivity contribution >= 4 is 28.9 Å². The van der Waals surface area contributed by atoms with Crippen LogP contribution in [-0.4, -0.2) is 22.4 Å². The second-order valence-electron chi connectivity index (χ2n) is 6.35. The summed E-state index contributed by atoms with van der Waals surface area (Å²) in [5.74, 6) is -0.610. The molecule has 0 radical (unpaired) electrons. The van der Waals surface area contributed by atoms with Crippen molar-refractivity contribution < 1.29 is 14.5 Å². The molecule has 0 unspecified atom stereocenters. The van der Waals surface area contributed by atoms with Crippen LogP contribution in [0.3, 0.4) is 0 Å². The number of carbonyl (C=O) groups is 2. The summed E-state index contributed by atoms with van der Waals surface area (Å²) in [6.07, 6.45) is 0.856. The Hall–Kier alpha value is -3.55. The highest BCUT2D eigenvalue weighted by Gasteiger charge is 2.12. The molecule has 0 aliphatic heterocycles. The summed E-state index contributed by atoms with van der Waals surface area (Å²) >= 11 is 0. The van der Waals surface area contributed by atoms with Gasteiger partial charge in [0.2, 0.25) is 11.8 Å². The summed E-state index contributed by atoms with van der Waals surface area (Å²) in [5.41, 5.74) is 4.91. The van der Waals surface area contributed by atoms with E-state index >= 15 is 0 Å². The van der Waals surface area contributed by atoms with Gasteiger partial charge in [0.25, 0.3) is 5.69 Å². The van der Waals surface area contributed by atoms with Gasteiger partial charge in [-0.15, -0.1) is 0 Å². The van der Waals surface area contributed by atoms with Crippen molar-refractivity contribution in [2.45, 2.75) is 33.1 Å². The fraction of sp³-hybridized carbons (Fsp3) is 0.250. The first-order valence-corrected chi connectivity index (χ1v) is 8.76. The van der Waals surface area contributed by atoms with Crippen LogP contribution in [0.15, 0.2) is 53.6 Å². The maximum Gasteiger partial charge on any atom is 0.271 e. The molecule has 2 rings (SSSR count). The minimum atomic E-state index is -0.521. The number of aryl methyl sites for hydroxylation is 2. The van der Waals surface area contributed by atoms with Crippen LogP contribution in [0.2, 0.25) is 0 Å². The Morgan fingerprint density at radius 2 is 1.82 bits per heavy atom. The van der Waals surface area contributed by atoms with Gasteiger partial charge in [0.15, 0.2) is 0 Å². The van der Waals surface area contributed by atoms with Gasteiger partial charge in [-0.2, -0.15) is 5.10 Å². The topological polar surface area (TPSA) is 114 Å². The van der Waals surface area contributed by atoms with Gasteiger partial charge in [0.1, 0.15) is 0 Å². The number of hydrogen-bond donors (Lipinski definition) is 2. The smallest absolute Gasteiger partial charge is 0.271 e. The molecule has 2 amide bonds. The molecule has 0 aromatic heterocycles. The molecule has 0 atom stereocenters. The van der Waals surface area contributed by atoms with Crippen molar-refractivity contribution in [3.63, 3.8) is 0 Å². The molecule has 2 aromatic carbocycles. The summed E-state index contributed by atoms with van der Waals surface area (Å²) in [4.78, 5) is 34.3. The third-order valence-corrected chi connectivity index (χ3v) is 3.98. The van der Waals surface area contributed by atoms with Gasteiger partial charge in [0, 0.05) is 24.3 Å². The van der Waals surface area contributed by atoms with Gasteiger partial charge in [-0.3, -0.25) is 19.7 Å². The van der Waals surface area contributed by atoms with E-state index in [-0.39, 0.29) is 23.9 Å². The number of non-ortho nitro benzene ring substituents is 1. The zero-order valence-corrected chi connectivity index (χ0v) is 15.8. The molecular formula is C20H22N4O4. The predicted octanol–water partition coefficient (Wildman–Crippen LogP) is 3.36. The molecule has 8 heteroatoms. The minimum absolute atomic E-state index is 0.0406. The van der Waals surface area contributed by atoms with Crippen LogP contribution in [0.25, 0.3) is 0 Å². The van der Waals surface area contributed by atoms with E-state index in [1.807, 2.05) is 30.3 Å². The molecule has 0 fully saturated rings. The first-order valence-electron chi connectivity index (χ1n) is 8.76. The molecule has 146 valence electrons. The number of benzene rings is 2. The van der Waals surface area contributed by atoms with Gasteiger partial charge < -0.3 is 5.32 Å². The van der Waals surface area contributed by atoms with Crippen LogP contribution < -0.4 is 10.7 Å². The average Bonchev–Trinajstić information content (AvgIpc) is 2.67. The lowest BCUT2D eigenvalue weighted by Gasteiger charge is -2.08. The molecule has 8 nitrogen and oxygen atoms in total. The van der Waals surface area contributed by atoms with Crippen LogP contribution in [0, 0.1) is 17.0 Å². The Kier molecular flexibility index (Phi) is 7.38. The van der Waals surface area contributed by atoms with Crippen LogP contribution in [0.5, 0.6) is 0 Å². The lowest BCUT2D eigenvalue weighted by Crippen LogP contribution is -2.21. The second-order valence-corrected chi connectivity index (χ2v) is 6.35. The van der Waals surface area contributed by atoms with Crippen LogP contribution in [0.1, 0.15) is 30.9 Å². The van der Waals surface area contributed by atoms with E-state index in [1.54, 1.807) is 19.9 Å². The van der Waals surface area contributed by atoms with Crippen molar-refractivity contribution in [1.29, 1.82) is 0 Å². The minimum Gasteiger partial charge on any atom is -0.325 e. The zero-order chi connectivity index (χ0) is 20.5. The van der Waals surface area contributed by atoms with Gasteiger partial charge in [-0.25, -0.2) is 5.43 Å². The van der Waals surface area contributed by atoms with E-state index < -0.39 is 4.92 Å². The summed E-state index contributed by atoms with van der Waals surface area (Å²) in [5, 5.41) is 17.4. The normalized spacial score (nSPS) is 11.0. The van der Waals surface area contributed by atoms with Crippen molar-refractivity contribution in [3.8, 4) is 0 Å². The van der Waals surface area contributed by atoms with E-state index in [4.69, 9.17) is 0 Å². The summed E-state index contributed by atoms with van der Waals surface area (Å²) in [6, 6.07) is 13.9. The third-order valence-electron chi connectivity index (χ3n) is 3.98. The largest absolute Gasteiger partial charge is 0.325 e. The van der Waals surface area contributed by atoms with Gasteiger partial charge >= 0.3 is 0 Å². The average molecular weight is 382 g/mol. The summed E-state index contributed by atoms with van der Waals surface area (Å²) in [6.45, 7) is 3.37. The van der Waals surface area contributed by atoms with Crippen LogP contribution in [-0.2, 0) is 16.0 Å². The number of nitro groups is 1. The van der Waals surface area contributed by atoms with E-state index in [0.29, 0.717) is 29.8 Å². The number of amides is 2. The molecule has 0 aliphatic rings. The number of anilines is 1. The van der Waals surface area contributed by atoms with Crippen molar-refractivity contribution in [1.82, 2.24) is 5.43 Å². The number of nitro benzene ring substituents is 1. The number of carbonyl (C=O) groups excluding carboxylic acids is 2. The first kappa shape index (κ1) is 20.8. The summed E-state index contributed by atoms with van der Waals surface area (Å²) < 4.78 is 0. The molecule has 0 aliphatic carbocycles. The maximum absolute atomic E-state index is 12.1. The van der Waals surface area contributed by atoms with Crippen molar-refractivity contribution in [3.05, 3.63) is 69.8 Å². The summed E-state index contributed by atoms with van der Waals surface area (Å²) in [7, 11) is 0. The Balaban J connectivity index is 1.83. The van der Waals surface area contributed by atoms with Crippen LogP contribution in [0.4, 0.5) is 11.4 Å². The molecule has 0 saturated carbocycles. The number of rotatable bonds is 8. The van der Waals surface area contributed by atoms with Crippen molar-refractivity contribution in [2.75, 3.05) is 5.32 Å². The van der Waals surface area contributed by atoms with E-state index in [1.165, 1.54) is 12.1 Å². The lowest BCUT2D eigenvalue weighted by molar-refractivity contribution is -0.384. The highest BCUT2D eigenvalue weighted by Crippen LogP contribution is 2.21. The monoisotopic (exact) mass is 382 g/mol. The Morgan fingerprint density at radius 1 is 1.11 bits per heavy atom. The molecular weight excluding hydrogens is 360 g/mol. The zero-order valence-electron chi connectivity index (χ0n) is 15.8. The lowest BCUT2D eigenvalue weighted by atomic mass is 10.1. The second kappa shape index (κ2) is 9.96. The number of hydrogen-bond acceptors (Lipinski definition) is 5. The predicted molar refractivity (Wildman–Crippen MR) is 107 cm³/mol. The van der Waals surface area contributed by atoms with E-state index in [9.17, 15) is 19.7 Å². The van der Waals surface area contributed by atoms with Crippen molar-refractivity contribution in [2.24, 2.45) is 5.10 Å². The number of hydrazone groups is 1. The fourth-order valence-corrected chi connectivity index (χ4v) is 2.44. The Labute approximate surface area is 162 Å². The van der Waals surface area contributed by atoms with Crippen LogP contribution >= 0.6 is 0 Å². The first-order chi connectivity index (χ1) is 13.3. The maximum atomic E-state index is 12.1. The standard InChI is InChI=1S/C20H22N4O4/c1-14-8-10-17(24(27)28)13-18(14)21-20(26)12-15(2)22-23-19(25)11-9-16-6-4-3-5-7-16/h3-8,10,13H,9,11-12H2,1-2H3,(H,21,26)(H,23,25). The number of nitrogens with one attached hydrogen (secondary N) is 2. The molecule has 2 N–H and O–H groups in total. The highest BCUT2D eigenvalue weighted by atomic mass is 16.6. The fourth-order valence-electron chi connectivity index (χ4n) is 2.44. The quantitative estimate of drug-likeness (QED) is 0.414. The Morgan fingerprint density at radius 3 is 2.50 bits per heavy atom. The molecule has 0 bridgehead atoms.